The van der Waals surface area contributed by atoms with Crippen molar-refractivity contribution >= 4 is 16.7 Å². The highest BCUT2D eigenvalue weighted by atomic mass is 15.3. The third-order valence-electron chi connectivity index (χ3n) is 6.16. The van der Waals surface area contributed by atoms with Crippen LogP contribution in [-0.4, -0.2) is 26.3 Å². The van der Waals surface area contributed by atoms with E-state index in [9.17, 15) is 0 Å². The second kappa shape index (κ2) is 10.2. The molecule has 0 bridgehead atoms. The largest absolute Gasteiger partial charge is 0.349 e. The normalized spacial score (nSPS) is 10.9. The summed E-state index contributed by atoms with van der Waals surface area (Å²) in [6, 6.07) is 30.9. The van der Waals surface area contributed by atoms with Gasteiger partial charge in [0.1, 0.15) is 12.1 Å². The van der Waals surface area contributed by atoms with Gasteiger partial charge in [-0.3, -0.25) is 0 Å². The average Bonchev–Trinajstić information content (AvgIpc) is 3.34. The number of nitriles is 1. The van der Waals surface area contributed by atoms with Crippen LogP contribution in [0.2, 0.25) is 0 Å². The molecule has 172 valence electrons. The Labute approximate surface area is 205 Å². The topological polar surface area (TPSA) is 70.6 Å². The van der Waals surface area contributed by atoms with Gasteiger partial charge in [-0.25, -0.2) is 4.98 Å². The molecule has 5 rings (SSSR count). The summed E-state index contributed by atoms with van der Waals surface area (Å²) in [4.78, 5) is 7.22. The molecule has 35 heavy (non-hydrogen) atoms. The molecular formula is C29H26N6. The second-order valence-electron chi connectivity index (χ2n) is 8.70. The number of rotatable bonds is 8. The van der Waals surface area contributed by atoms with Crippen molar-refractivity contribution in [1.82, 2.24) is 19.7 Å². The van der Waals surface area contributed by atoms with Gasteiger partial charge < -0.3 is 9.47 Å². The third-order valence-corrected chi connectivity index (χ3v) is 6.16. The summed E-state index contributed by atoms with van der Waals surface area (Å²) in [7, 11) is 0. The molecule has 3 aromatic carbocycles. The number of nitrogens with zero attached hydrogens (tertiary/aromatic N) is 6. The lowest BCUT2D eigenvalue weighted by molar-refractivity contribution is 0.673. The van der Waals surface area contributed by atoms with E-state index in [-0.39, 0.29) is 0 Å². The Bertz CT molecular complexity index is 1460. The van der Waals surface area contributed by atoms with Crippen molar-refractivity contribution in [3.05, 3.63) is 119 Å². The van der Waals surface area contributed by atoms with E-state index in [1.807, 2.05) is 42.5 Å². The van der Waals surface area contributed by atoms with Crippen molar-refractivity contribution in [2.45, 2.75) is 26.4 Å². The van der Waals surface area contributed by atoms with Crippen molar-refractivity contribution in [2.75, 3.05) is 11.4 Å². The summed E-state index contributed by atoms with van der Waals surface area (Å²) in [5.41, 5.74) is 5.28. The molecule has 6 heteroatoms. The van der Waals surface area contributed by atoms with Crippen molar-refractivity contribution < 1.29 is 0 Å². The summed E-state index contributed by atoms with van der Waals surface area (Å²) in [6.45, 7) is 4.15. The van der Waals surface area contributed by atoms with E-state index in [0.29, 0.717) is 18.7 Å². The van der Waals surface area contributed by atoms with Crippen LogP contribution < -0.4 is 4.90 Å². The van der Waals surface area contributed by atoms with Crippen molar-refractivity contribution in [1.29, 1.82) is 5.26 Å². The molecule has 0 unspecified atom stereocenters. The summed E-state index contributed by atoms with van der Waals surface area (Å²) in [6.07, 6.45) is 2.66. The minimum Gasteiger partial charge on any atom is -0.349 e. The fraction of sp³-hybridized carbons (Fsp3) is 0.172. The molecular weight excluding hydrogens is 432 g/mol. The van der Waals surface area contributed by atoms with Gasteiger partial charge in [0, 0.05) is 11.9 Å². The zero-order valence-electron chi connectivity index (χ0n) is 19.7. The number of anilines is 1. The minimum atomic E-state index is 0.591. The van der Waals surface area contributed by atoms with Crippen LogP contribution in [0.1, 0.15) is 28.1 Å². The Balaban J connectivity index is 1.41. The molecule has 0 saturated carbocycles. The molecule has 0 atom stereocenters. The number of aryl methyl sites for hydroxylation is 1. The van der Waals surface area contributed by atoms with Crippen LogP contribution >= 0.6 is 0 Å². The predicted molar refractivity (Wildman–Crippen MR) is 138 cm³/mol. The lowest BCUT2D eigenvalue weighted by Crippen LogP contribution is -2.28. The first kappa shape index (κ1) is 22.3. The number of pyridine rings is 1. The minimum absolute atomic E-state index is 0.591. The van der Waals surface area contributed by atoms with Crippen LogP contribution in [0.15, 0.2) is 91.3 Å². The Morgan fingerprint density at radius 2 is 1.66 bits per heavy atom. The Kier molecular flexibility index (Phi) is 6.49. The number of hydrogen-bond acceptors (Lipinski definition) is 5. The van der Waals surface area contributed by atoms with Gasteiger partial charge >= 0.3 is 0 Å². The molecule has 5 aromatic rings. The van der Waals surface area contributed by atoms with Crippen molar-refractivity contribution in [3.8, 4) is 6.07 Å². The molecule has 0 amide bonds. The van der Waals surface area contributed by atoms with E-state index in [1.54, 1.807) is 6.33 Å². The quantitative estimate of drug-likeness (QED) is 0.315. The fourth-order valence-electron chi connectivity index (χ4n) is 4.11. The standard InChI is InChI=1S/C29H26N6/c1-22-6-8-23(9-7-22)16-17-34(28-15-14-26-4-2-3-5-27(26)32-28)20-29-33-31-21-35(29)19-25-12-10-24(18-30)11-13-25/h2-15,21H,16-17,19-20H2,1H3. The monoisotopic (exact) mass is 458 g/mol. The van der Waals surface area contributed by atoms with Gasteiger partial charge in [-0.15, -0.1) is 10.2 Å². The van der Waals surface area contributed by atoms with Gasteiger partial charge in [-0.05, 0) is 54.8 Å². The maximum absolute atomic E-state index is 9.06. The van der Waals surface area contributed by atoms with Crippen LogP contribution in [0.4, 0.5) is 5.82 Å². The molecule has 0 spiro atoms. The Morgan fingerprint density at radius 1 is 0.886 bits per heavy atom. The SMILES string of the molecule is Cc1ccc(CCN(Cc2nncn2Cc2ccc(C#N)cc2)c2ccc3ccccc3n2)cc1. The highest BCUT2D eigenvalue weighted by Gasteiger charge is 2.15. The van der Waals surface area contributed by atoms with Crippen molar-refractivity contribution in [3.63, 3.8) is 0 Å². The van der Waals surface area contributed by atoms with Gasteiger partial charge in [-0.2, -0.15) is 5.26 Å². The van der Waals surface area contributed by atoms with Crippen LogP contribution in [0, 0.1) is 18.3 Å². The zero-order chi connectivity index (χ0) is 24.0. The zero-order valence-corrected chi connectivity index (χ0v) is 19.7. The number of aromatic nitrogens is 4. The van der Waals surface area contributed by atoms with E-state index >= 15 is 0 Å². The molecule has 0 aliphatic carbocycles. The lowest BCUT2D eigenvalue weighted by Gasteiger charge is -2.24. The molecule has 2 aromatic heterocycles. The number of benzene rings is 3. The van der Waals surface area contributed by atoms with E-state index in [1.165, 1.54) is 11.1 Å². The number of para-hydroxylation sites is 1. The van der Waals surface area contributed by atoms with E-state index in [0.717, 1.165) is 41.1 Å². The number of fused-ring (bicyclic) bond motifs is 1. The Hall–Kier alpha value is -4.50. The van der Waals surface area contributed by atoms with Gasteiger partial charge in [0.15, 0.2) is 5.82 Å². The van der Waals surface area contributed by atoms with Crippen LogP contribution in [0.25, 0.3) is 10.9 Å². The maximum atomic E-state index is 9.06. The highest BCUT2D eigenvalue weighted by Crippen LogP contribution is 2.20. The smallest absolute Gasteiger partial charge is 0.152 e. The Morgan fingerprint density at radius 3 is 2.46 bits per heavy atom. The van der Waals surface area contributed by atoms with Gasteiger partial charge in [0.25, 0.3) is 0 Å². The summed E-state index contributed by atoms with van der Waals surface area (Å²) in [5, 5.41) is 18.8. The van der Waals surface area contributed by atoms with E-state index in [2.05, 4.69) is 75.1 Å². The fourth-order valence-corrected chi connectivity index (χ4v) is 4.11. The van der Waals surface area contributed by atoms with E-state index < -0.39 is 0 Å². The summed E-state index contributed by atoms with van der Waals surface area (Å²) >= 11 is 0. The first-order chi connectivity index (χ1) is 17.2. The summed E-state index contributed by atoms with van der Waals surface area (Å²) < 4.78 is 2.06. The van der Waals surface area contributed by atoms with Crippen LogP contribution in [0.3, 0.4) is 0 Å². The summed E-state index contributed by atoms with van der Waals surface area (Å²) in [5.74, 6) is 1.79. The van der Waals surface area contributed by atoms with Gasteiger partial charge in [0.2, 0.25) is 0 Å². The highest BCUT2D eigenvalue weighted by molar-refractivity contribution is 5.80. The number of hydrogen-bond donors (Lipinski definition) is 0. The predicted octanol–water partition coefficient (Wildman–Crippen LogP) is 5.30. The van der Waals surface area contributed by atoms with E-state index in [4.69, 9.17) is 10.2 Å². The second-order valence-corrected chi connectivity index (χ2v) is 8.70. The van der Waals surface area contributed by atoms with Crippen molar-refractivity contribution in [2.24, 2.45) is 0 Å². The molecule has 2 heterocycles. The molecule has 0 saturated heterocycles. The first-order valence-corrected chi connectivity index (χ1v) is 11.7. The van der Waals surface area contributed by atoms with Gasteiger partial charge in [-0.1, -0.05) is 60.2 Å². The molecule has 0 radical (unpaired) electrons. The van der Waals surface area contributed by atoms with Gasteiger partial charge in [0.05, 0.1) is 30.2 Å². The molecule has 0 N–H and O–H groups in total. The third kappa shape index (κ3) is 5.36. The van der Waals surface area contributed by atoms with Crippen LogP contribution in [0.5, 0.6) is 0 Å². The first-order valence-electron chi connectivity index (χ1n) is 11.7. The maximum Gasteiger partial charge on any atom is 0.152 e. The molecule has 0 aliphatic rings. The van der Waals surface area contributed by atoms with Crippen LogP contribution in [-0.2, 0) is 19.5 Å². The molecule has 0 fully saturated rings. The average molecular weight is 459 g/mol. The molecule has 6 nitrogen and oxygen atoms in total. The molecule has 0 aliphatic heterocycles. The lowest BCUT2D eigenvalue weighted by atomic mass is 10.1.